The Hall–Kier alpha value is -2.07. The molecule has 118 valence electrons. The predicted molar refractivity (Wildman–Crippen MR) is 89.0 cm³/mol. The van der Waals surface area contributed by atoms with Crippen LogP contribution in [0.5, 0.6) is 0 Å². The van der Waals surface area contributed by atoms with Crippen LogP contribution in [0.3, 0.4) is 0 Å². The van der Waals surface area contributed by atoms with E-state index in [-0.39, 0.29) is 11.9 Å². The fourth-order valence-corrected chi connectivity index (χ4v) is 2.26. The number of aryl methyl sites for hydroxylation is 2. The van der Waals surface area contributed by atoms with E-state index in [2.05, 4.69) is 17.6 Å². The van der Waals surface area contributed by atoms with E-state index in [0.717, 1.165) is 29.9 Å². The van der Waals surface area contributed by atoms with Crippen LogP contribution in [0.2, 0.25) is 0 Å². The molecule has 0 spiro atoms. The quantitative estimate of drug-likeness (QED) is 0.823. The highest BCUT2D eigenvalue weighted by atomic mass is 16.3. The molecule has 1 aromatic carbocycles. The first-order chi connectivity index (χ1) is 10.6. The fourth-order valence-electron chi connectivity index (χ4n) is 2.26. The summed E-state index contributed by atoms with van der Waals surface area (Å²) in [5.41, 5.74) is 3.18. The van der Waals surface area contributed by atoms with Crippen molar-refractivity contribution in [3.8, 4) is 0 Å². The van der Waals surface area contributed by atoms with Gasteiger partial charge in [-0.25, -0.2) is 0 Å². The van der Waals surface area contributed by atoms with Gasteiger partial charge in [-0.15, -0.1) is 0 Å². The van der Waals surface area contributed by atoms with E-state index >= 15 is 0 Å². The summed E-state index contributed by atoms with van der Waals surface area (Å²) in [5, 5.41) is 6.20. The molecule has 1 aromatic heterocycles. The maximum Gasteiger partial charge on any atom is 0.238 e. The van der Waals surface area contributed by atoms with Crippen LogP contribution in [0.25, 0.3) is 0 Å². The van der Waals surface area contributed by atoms with Gasteiger partial charge in [-0.3, -0.25) is 4.79 Å². The van der Waals surface area contributed by atoms with Gasteiger partial charge in [0, 0.05) is 18.2 Å². The van der Waals surface area contributed by atoms with Crippen molar-refractivity contribution in [3.63, 3.8) is 0 Å². The molecule has 2 N–H and O–H groups in total. The van der Waals surface area contributed by atoms with Crippen LogP contribution in [0, 0.1) is 13.8 Å². The van der Waals surface area contributed by atoms with E-state index < -0.39 is 0 Å². The van der Waals surface area contributed by atoms with Gasteiger partial charge in [0.25, 0.3) is 0 Å². The number of hydrogen-bond acceptors (Lipinski definition) is 3. The largest absolute Gasteiger partial charge is 0.469 e. The molecule has 1 heterocycles. The van der Waals surface area contributed by atoms with E-state index in [1.807, 2.05) is 44.2 Å². The van der Waals surface area contributed by atoms with Crippen LogP contribution >= 0.6 is 0 Å². The molecule has 0 aliphatic rings. The van der Waals surface area contributed by atoms with Gasteiger partial charge in [0.15, 0.2) is 0 Å². The van der Waals surface area contributed by atoms with E-state index in [9.17, 15) is 4.79 Å². The molecule has 4 nitrogen and oxygen atoms in total. The predicted octanol–water partition coefficient (Wildman–Crippen LogP) is 3.45. The number of carbonyl (C=O) groups is 1. The van der Waals surface area contributed by atoms with E-state index in [4.69, 9.17) is 4.42 Å². The Balaban J connectivity index is 1.74. The molecule has 2 rings (SSSR count). The third-order valence-electron chi connectivity index (χ3n) is 3.89. The number of anilines is 1. The van der Waals surface area contributed by atoms with Gasteiger partial charge in [-0.2, -0.15) is 0 Å². The number of amides is 1. The molecule has 1 atom stereocenters. The Morgan fingerprint density at radius 1 is 1.23 bits per heavy atom. The SMILES string of the molecule is Cc1cccc(NC(=O)CN[C@H](C)CCc2ccco2)c1C. The third-order valence-corrected chi connectivity index (χ3v) is 3.89. The van der Waals surface area contributed by atoms with Crippen LogP contribution in [0.1, 0.15) is 30.2 Å². The lowest BCUT2D eigenvalue weighted by Gasteiger charge is -2.14. The average Bonchev–Trinajstić information content (AvgIpc) is 3.01. The zero-order valence-corrected chi connectivity index (χ0v) is 13.5. The van der Waals surface area contributed by atoms with Crippen molar-refractivity contribution in [2.45, 2.75) is 39.7 Å². The Bertz CT molecular complexity index is 606. The van der Waals surface area contributed by atoms with Gasteiger partial charge < -0.3 is 15.1 Å². The summed E-state index contributed by atoms with van der Waals surface area (Å²) in [6, 6.07) is 10.1. The molecule has 0 aliphatic heterocycles. The van der Waals surface area contributed by atoms with Crippen LogP contribution in [0.15, 0.2) is 41.0 Å². The van der Waals surface area contributed by atoms with Crippen LogP contribution in [-0.2, 0) is 11.2 Å². The maximum absolute atomic E-state index is 12.0. The van der Waals surface area contributed by atoms with Gasteiger partial charge in [0.1, 0.15) is 5.76 Å². The molecule has 22 heavy (non-hydrogen) atoms. The minimum absolute atomic E-state index is 0.0152. The number of hydrogen-bond donors (Lipinski definition) is 2. The van der Waals surface area contributed by atoms with Gasteiger partial charge in [-0.05, 0) is 56.5 Å². The zero-order valence-electron chi connectivity index (χ0n) is 13.5. The number of nitrogens with one attached hydrogen (secondary N) is 2. The zero-order chi connectivity index (χ0) is 15.9. The summed E-state index contributed by atoms with van der Waals surface area (Å²) < 4.78 is 5.31. The molecule has 0 aliphatic carbocycles. The number of carbonyl (C=O) groups excluding carboxylic acids is 1. The molecule has 0 saturated heterocycles. The topological polar surface area (TPSA) is 54.3 Å². The summed E-state index contributed by atoms with van der Waals surface area (Å²) in [6.07, 6.45) is 3.50. The first-order valence-electron chi connectivity index (χ1n) is 7.68. The van der Waals surface area contributed by atoms with Crippen molar-refractivity contribution in [2.24, 2.45) is 0 Å². The molecule has 0 unspecified atom stereocenters. The smallest absolute Gasteiger partial charge is 0.238 e. The van der Waals surface area contributed by atoms with Crippen molar-refractivity contribution < 1.29 is 9.21 Å². The summed E-state index contributed by atoms with van der Waals surface area (Å²) in [7, 11) is 0. The van der Waals surface area contributed by atoms with Crippen LogP contribution in [-0.4, -0.2) is 18.5 Å². The number of furan rings is 1. The molecule has 2 aromatic rings. The Kier molecular flexibility index (Phi) is 5.78. The van der Waals surface area contributed by atoms with E-state index in [0.29, 0.717) is 6.54 Å². The lowest BCUT2D eigenvalue weighted by Crippen LogP contribution is -2.34. The first-order valence-corrected chi connectivity index (χ1v) is 7.68. The number of rotatable bonds is 7. The van der Waals surface area contributed by atoms with Gasteiger partial charge in [-0.1, -0.05) is 12.1 Å². The van der Waals surface area contributed by atoms with Gasteiger partial charge in [0.2, 0.25) is 5.91 Å². The standard InChI is InChI=1S/C18H24N2O2/c1-13-6-4-8-17(15(13)3)20-18(21)12-19-14(2)9-10-16-7-5-11-22-16/h4-8,11,14,19H,9-10,12H2,1-3H3,(H,20,21)/t14-/m1/s1. The van der Waals surface area contributed by atoms with Crippen molar-refractivity contribution in [3.05, 3.63) is 53.5 Å². The van der Waals surface area contributed by atoms with Crippen molar-refractivity contribution in [1.82, 2.24) is 5.32 Å². The minimum Gasteiger partial charge on any atom is -0.469 e. The molecule has 0 saturated carbocycles. The minimum atomic E-state index is -0.0152. The molecule has 0 radical (unpaired) electrons. The second-order valence-electron chi connectivity index (χ2n) is 5.70. The molecule has 4 heteroatoms. The Morgan fingerprint density at radius 3 is 2.77 bits per heavy atom. The Labute approximate surface area is 131 Å². The van der Waals surface area contributed by atoms with Gasteiger partial charge in [0.05, 0.1) is 12.8 Å². The highest BCUT2D eigenvalue weighted by Crippen LogP contribution is 2.17. The third kappa shape index (κ3) is 4.74. The lowest BCUT2D eigenvalue weighted by molar-refractivity contribution is -0.115. The number of benzene rings is 1. The summed E-state index contributed by atoms with van der Waals surface area (Å²) in [4.78, 5) is 12.0. The van der Waals surface area contributed by atoms with Crippen molar-refractivity contribution in [2.75, 3.05) is 11.9 Å². The van der Waals surface area contributed by atoms with E-state index in [1.165, 1.54) is 5.56 Å². The van der Waals surface area contributed by atoms with Crippen LogP contribution in [0.4, 0.5) is 5.69 Å². The molecule has 0 bridgehead atoms. The second kappa shape index (κ2) is 7.80. The highest BCUT2D eigenvalue weighted by Gasteiger charge is 2.08. The monoisotopic (exact) mass is 300 g/mol. The van der Waals surface area contributed by atoms with E-state index in [1.54, 1.807) is 6.26 Å². The summed E-state index contributed by atoms with van der Waals surface area (Å²) in [5.74, 6) is 0.965. The van der Waals surface area contributed by atoms with Crippen molar-refractivity contribution >= 4 is 11.6 Å². The lowest BCUT2D eigenvalue weighted by atomic mass is 10.1. The summed E-state index contributed by atoms with van der Waals surface area (Å²) in [6.45, 7) is 6.45. The second-order valence-corrected chi connectivity index (χ2v) is 5.70. The van der Waals surface area contributed by atoms with Crippen molar-refractivity contribution in [1.29, 1.82) is 0 Å². The Morgan fingerprint density at radius 2 is 2.05 bits per heavy atom. The van der Waals surface area contributed by atoms with Gasteiger partial charge >= 0.3 is 0 Å². The molecule has 0 fully saturated rings. The first kappa shape index (κ1) is 16.3. The maximum atomic E-state index is 12.0. The van der Waals surface area contributed by atoms with Crippen LogP contribution < -0.4 is 10.6 Å². The molecule has 1 amide bonds. The fraction of sp³-hybridized carbons (Fsp3) is 0.389. The molecular weight excluding hydrogens is 276 g/mol. The highest BCUT2D eigenvalue weighted by molar-refractivity contribution is 5.93. The summed E-state index contributed by atoms with van der Waals surface area (Å²) >= 11 is 0. The molecular formula is C18H24N2O2. The average molecular weight is 300 g/mol. The normalized spacial score (nSPS) is 12.1.